The highest BCUT2D eigenvalue weighted by Crippen LogP contribution is 2.30. The summed E-state index contributed by atoms with van der Waals surface area (Å²) >= 11 is 6.14. The molecule has 3 rings (SSSR count). The molecule has 28 heavy (non-hydrogen) atoms. The summed E-state index contributed by atoms with van der Waals surface area (Å²) in [4.78, 5) is 24.9. The number of benzene rings is 2. The molecule has 1 heterocycles. The largest absolute Gasteiger partial charge is 0.407 e. The topological polar surface area (TPSA) is 71.0 Å². The number of nitrogens with one attached hydrogen (secondary N) is 1. The van der Waals surface area contributed by atoms with E-state index in [0.717, 1.165) is 22.4 Å². The van der Waals surface area contributed by atoms with E-state index in [1.54, 1.807) is 24.9 Å². The summed E-state index contributed by atoms with van der Waals surface area (Å²) in [5, 5.41) is 4.61. The Morgan fingerprint density at radius 1 is 1.25 bits per heavy atom. The molecule has 0 saturated carbocycles. The summed E-state index contributed by atoms with van der Waals surface area (Å²) in [5.41, 5.74) is 7.01. The number of carbonyl (C=O) groups is 2. The average molecular weight is 398 g/mol. The molecule has 0 fully saturated rings. The Hall–Kier alpha value is -3.12. The van der Waals surface area contributed by atoms with E-state index in [4.69, 9.17) is 16.3 Å². The van der Waals surface area contributed by atoms with Gasteiger partial charge >= 0.3 is 0 Å². The van der Waals surface area contributed by atoms with Crippen LogP contribution >= 0.6 is 11.6 Å². The molecule has 1 aliphatic heterocycles. The molecule has 144 valence electrons. The molecular weight excluding hydrogens is 378 g/mol. The molecule has 7 heteroatoms. The highest BCUT2D eigenvalue weighted by atomic mass is 35.5. The number of ether oxygens (including phenoxy) is 1. The van der Waals surface area contributed by atoms with Crippen molar-refractivity contribution in [2.24, 2.45) is 5.10 Å². The van der Waals surface area contributed by atoms with Crippen molar-refractivity contribution in [3.05, 3.63) is 69.8 Å². The summed E-state index contributed by atoms with van der Waals surface area (Å²) in [6.45, 7) is 2.31. The zero-order valence-electron chi connectivity index (χ0n) is 15.6. The highest BCUT2D eigenvalue weighted by Gasteiger charge is 2.19. The molecule has 0 saturated heterocycles. The zero-order valence-corrected chi connectivity index (χ0v) is 16.4. The van der Waals surface area contributed by atoms with Gasteiger partial charge in [0.25, 0.3) is 6.47 Å². The van der Waals surface area contributed by atoms with E-state index in [0.29, 0.717) is 30.0 Å². The van der Waals surface area contributed by atoms with Gasteiger partial charge in [0.05, 0.1) is 12.2 Å². The summed E-state index contributed by atoms with van der Waals surface area (Å²) in [7, 11) is 1.63. The van der Waals surface area contributed by atoms with Crippen molar-refractivity contribution in [1.82, 2.24) is 5.43 Å². The monoisotopic (exact) mass is 397 g/mol. The number of anilines is 1. The number of fused-ring (bicyclic) bond motifs is 2. The van der Waals surface area contributed by atoms with Crippen molar-refractivity contribution in [1.29, 1.82) is 0 Å². The minimum absolute atomic E-state index is 0.0596. The first-order valence-electron chi connectivity index (χ1n) is 8.74. The van der Waals surface area contributed by atoms with Crippen molar-refractivity contribution in [2.75, 3.05) is 11.9 Å². The molecule has 0 aliphatic carbocycles. The highest BCUT2D eigenvalue weighted by molar-refractivity contribution is 6.30. The first-order chi connectivity index (χ1) is 13.5. The van der Waals surface area contributed by atoms with E-state index in [1.165, 1.54) is 0 Å². The summed E-state index contributed by atoms with van der Waals surface area (Å²) < 4.78 is 4.97. The standard InChI is InChI=1S/C21H20ClN3O3/c1-14(27)25-12-18-7-6-17(21(24-23-2)28-13-26)10-15(18)4-3-5-16-11-19(22)8-9-20(16)25/h3,5-11,13,23H,4,12H2,1-2H3/b5-3-,24-21-. The third kappa shape index (κ3) is 4.23. The summed E-state index contributed by atoms with van der Waals surface area (Å²) in [6.07, 6.45) is 4.63. The fourth-order valence-corrected chi connectivity index (χ4v) is 3.34. The number of amides is 1. The second-order valence-corrected chi connectivity index (χ2v) is 6.69. The lowest BCUT2D eigenvalue weighted by molar-refractivity contribution is -0.121. The maximum absolute atomic E-state index is 12.4. The molecule has 0 aromatic heterocycles. The normalized spacial score (nSPS) is 14.7. The van der Waals surface area contributed by atoms with E-state index in [1.807, 2.05) is 42.5 Å². The van der Waals surface area contributed by atoms with E-state index in [2.05, 4.69) is 10.5 Å². The smallest absolute Gasteiger partial charge is 0.299 e. The maximum atomic E-state index is 12.4. The number of nitrogens with zero attached hydrogens (tertiary/aromatic N) is 2. The number of rotatable bonds is 3. The van der Waals surface area contributed by atoms with Crippen LogP contribution in [-0.4, -0.2) is 25.3 Å². The zero-order chi connectivity index (χ0) is 20.1. The number of allylic oxidation sites excluding steroid dienone is 1. The van der Waals surface area contributed by atoms with Gasteiger partial charge in [-0.2, -0.15) is 0 Å². The first kappa shape index (κ1) is 19.6. The van der Waals surface area contributed by atoms with Crippen LogP contribution in [-0.2, 0) is 27.3 Å². The lowest BCUT2D eigenvalue weighted by Crippen LogP contribution is -2.28. The number of hydrogen-bond donors (Lipinski definition) is 1. The molecule has 0 unspecified atom stereocenters. The molecule has 2 aromatic carbocycles. The molecule has 0 atom stereocenters. The third-order valence-corrected chi connectivity index (χ3v) is 4.69. The van der Waals surface area contributed by atoms with Gasteiger partial charge in [0.2, 0.25) is 11.8 Å². The van der Waals surface area contributed by atoms with Crippen LogP contribution in [0.4, 0.5) is 5.69 Å². The molecule has 1 amide bonds. The number of hydrazone groups is 1. The Labute approximate surface area is 168 Å². The van der Waals surface area contributed by atoms with Crippen LogP contribution in [0.1, 0.15) is 29.2 Å². The minimum Gasteiger partial charge on any atom is -0.407 e. The van der Waals surface area contributed by atoms with Crippen LogP contribution in [0.25, 0.3) is 6.08 Å². The predicted octanol–water partition coefficient (Wildman–Crippen LogP) is 3.52. The van der Waals surface area contributed by atoms with E-state index in [9.17, 15) is 9.59 Å². The van der Waals surface area contributed by atoms with Crippen LogP contribution in [0, 0.1) is 0 Å². The van der Waals surface area contributed by atoms with Crippen LogP contribution in [0.5, 0.6) is 0 Å². The van der Waals surface area contributed by atoms with Gasteiger partial charge in [-0.1, -0.05) is 29.8 Å². The maximum Gasteiger partial charge on any atom is 0.299 e. The van der Waals surface area contributed by atoms with Gasteiger partial charge in [0, 0.05) is 24.6 Å². The van der Waals surface area contributed by atoms with Gasteiger partial charge in [0.1, 0.15) is 0 Å². The Bertz CT molecular complexity index is 969. The molecule has 0 bridgehead atoms. The van der Waals surface area contributed by atoms with Crippen LogP contribution in [0.2, 0.25) is 5.02 Å². The lowest BCUT2D eigenvalue weighted by Gasteiger charge is -2.24. The Morgan fingerprint density at radius 2 is 2.07 bits per heavy atom. The molecule has 6 nitrogen and oxygen atoms in total. The van der Waals surface area contributed by atoms with Crippen molar-refractivity contribution >= 4 is 41.6 Å². The molecule has 1 aliphatic rings. The second kappa shape index (κ2) is 8.71. The SMILES string of the molecule is CN/N=C(\OC=O)c1ccc2c(c1)C/C=C\c1cc(Cl)ccc1N(C(C)=O)C2. The van der Waals surface area contributed by atoms with Crippen molar-refractivity contribution < 1.29 is 14.3 Å². The van der Waals surface area contributed by atoms with E-state index >= 15 is 0 Å². The Balaban J connectivity index is 2.07. The van der Waals surface area contributed by atoms with Crippen LogP contribution in [0.15, 0.2) is 47.6 Å². The molecule has 0 spiro atoms. The van der Waals surface area contributed by atoms with Crippen LogP contribution in [0.3, 0.4) is 0 Å². The molecule has 0 radical (unpaired) electrons. The van der Waals surface area contributed by atoms with Crippen LogP contribution < -0.4 is 10.3 Å². The van der Waals surface area contributed by atoms with E-state index < -0.39 is 0 Å². The molecule has 2 aromatic rings. The predicted molar refractivity (Wildman–Crippen MR) is 110 cm³/mol. The average Bonchev–Trinajstić information content (AvgIpc) is 2.74. The van der Waals surface area contributed by atoms with Gasteiger partial charge in [-0.3, -0.25) is 9.59 Å². The van der Waals surface area contributed by atoms with Gasteiger partial charge in [-0.15, -0.1) is 5.10 Å². The Morgan fingerprint density at radius 3 is 2.79 bits per heavy atom. The van der Waals surface area contributed by atoms with Gasteiger partial charge in [0.15, 0.2) is 0 Å². The third-order valence-electron chi connectivity index (χ3n) is 4.45. The van der Waals surface area contributed by atoms with Crippen molar-refractivity contribution in [2.45, 2.75) is 19.9 Å². The first-order valence-corrected chi connectivity index (χ1v) is 9.12. The minimum atomic E-state index is -0.0596. The summed E-state index contributed by atoms with van der Waals surface area (Å²) in [6, 6.07) is 11.2. The number of hydrogen-bond acceptors (Lipinski definition) is 5. The second-order valence-electron chi connectivity index (χ2n) is 6.25. The van der Waals surface area contributed by atoms with Gasteiger partial charge < -0.3 is 15.1 Å². The molecular formula is C21H20ClN3O3. The lowest BCUT2D eigenvalue weighted by atomic mass is 10.0. The van der Waals surface area contributed by atoms with Gasteiger partial charge in [-0.25, -0.2) is 0 Å². The fraction of sp³-hybridized carbons (Fsp3) is 0.190. The fourth-order valence-electron chi connectivity index (χ4n) is 3.16. The van der Waals surface area contributed by atoms with E-state index in [-0.39, 0.29) is 11.8 Å². The molecule has 1 N–H and O–H groups in total. The van der Waals surface area contributed by atoms with Crippen molar-refractivity contribution in [3.63, 3.8) is 0 Å². The summed E-state index contributed by atoms with van der Waals surface area (Å²) in [5.74, 6) is 0.123. The van der Waals surface area contributed by atoms with Gasteiger partial charge in [-0.05, 0) is 53.4 Å². The number of halogens is 1. The van der Waals surface area contributed by atoms with Crippen molar-refractivity contribution in [3.8, 4) is 0 Å². The number of carbonyl (C=O) groups excluding carboxylic acids is 2. The quantitative estimate of drug-likeness (QED) is 0.372. The Kier molecular flexibility index (Phi) is 6.11.